The van der Waals surface area contributed by atoms with Crippen molar-refractivity contribution in [2.45, 2.75) is 60.8 Å². The van der Waals surface area contributed by atoms with Crippen LogP contribution in [0.2, 0.25) is 0 Å². The maximum atomic E-state index is 12.2. The lowest BCUT2D eigenvalue weighted by Crippen LogP contribution is -2.32. The van der Waals surface area contributed by atoms with Crippen molar-refractivity contribution in [3.63, 3.8) is 0 Å². The number of rotatable bonds is 9. The number of methoxy groups -OCH3 is 1. The summed E-state index contributed by atoms with van der Waals surface area (Å²) in [5.74, 6) is 0.878. The van der Waals surface area contributed by atoms with Crippen LogP contribution in [0.5, 0.6) is 0 Å². The second kappa shape index (κ2) is 14.4. The molecule has 22 heavy (non-hydrogen) atoms. The highest BCUT2D eigenvalue weighted by Gasteiger charge is 2.12. The number of amides is 1. The van der Waals surface area contributed by atoms with E-state index in [-0.39, 0.29) is 5.91 Å². The highest BCUT2D eigenvalue weighted by molar-refractivity contribution is 5.79. The molecule has 3 nitrogen and oxygen atoms in total. The topological polar surface area (TPSA) is 29.5 Å². The summed E-state index contributed by atoms with van der Waals surface area (Å²) < 4.78 is 5.27. The fourth-order valence-corrected chi connectivity index (χ4v) is 1.90. The highest BCUT2D eigenvalue weighted by Crippen LogP contribution is 2.11. The van der Waals surface area contributed by atoms with Crippen LogP contribution in [0.1, 0.15) is 60.8 Å². The molecule has 0 aliphatic rings. The quantitative estimate of drug-likeness (QED) is 0.438. The lowest BCUT2D eigenvalue weighted by molar-refractivity contribution is -0.130. The van der Waals surface area contributed by atoms with E-state index in [0.29, 0.717) is 6.42 Å². The van der Waals surface area contributed by atoms with E-state index >= 15 is 0 Å². The van der Waals surface area contributed by atoms with E-state index in [4.69, 9.17) is 4.74 Å². The molecule has 0 radical (unpaired) electrons. The SMILES string of the molecule is C=C(/C=C(\C=C(C)C)OC)CC(=O)N(CCC)CCC.CC. The van der Waals surface area contributed by atoms with E-state index in [1.165, 1.54) is 0 Å². The first-order valence-electron chi connectivity index (χ1n) is 8.30. The van der Waals surface area contributed by atoms with Crippen molar-refractivity contribution in [1.82, 2.24) is 4.90 Å². The molecule has 0 spiro atoms. The zero-order valence-electron chi connectivity index (χ0n) is 15.7. The molecule has 0 aliphatic heterocycles. The molecule has 0 saturated carbocycles. The van der Waals surface area contributed by atoms with Crippen LogP contribution in [0.25, 0.3) is 0 Å². The fraction of sp³-hybridized carbons (Fsp3) is 0.632. The summed E-state index contributed by atoms with van der Waals surface area (Å²) in [6.07, 6.45) is 6.08. The molecule has 0 fully saturated rings. The van der Waals surface area contributed by atoms with Crippen LogP contribution in [0.15, 0.2) is 35.6 Å². The van der Waals surface area contributed by atoms with E-state index in [9.17, 15) is 4.79 Å². The average Bonchev–Trinajstić information content (AvgIpc) is 2.47. The molecule has 0 unspecified atom stereocenters. The lowest BCUT2D eigenvalue weighted by atomic mass is 10.1. The molecule has 3 heteroatoms. The molecule has 128 valence electrons. The van der Waals surface area contributed by atoms with Crippen molar-refractivity contribution in [2.75, 3.05) is 20.2 Å². The Bertz CT molecular complexity index is 371. The van der Waals surface area contributed by atoms with Crippen molar-refractivity contribution in [3.05, 3.63) is 35.6 Å². The summed E-state index contributed by atoms with van der Waals surface area (Å²) in [6, 6.07) is 0. The van der Waals surface area contributed by atoms with Gasteiger partial charge in [-0.05, 0) is 44.4 Å². The molecule has 0 aromatic rings. The Morgan fingerprint density at radius 3 is 1.95 bits per heavy atom. The predicted molar refractivity (Wildman–Crippen MR) is 96.8 cm³/mol. The Morgan fingerprint density at radius 2 is 1.59 bits per heavy atom. The van der Waals surface area contributed by atoms with E-state index in [1.54, 1.807) is 7.11 Å². The first-order valence-corrected chi connectivity index (χ1v) is 8.30. The number of carbonyl (C=O) groups is 1. The molecule has 0 atom stereocenters. The number of carbonyl (C=O) groups excluding carboxylic acids is 1. The minimum absolute atomic E-state index is 0.141. The zero-order chi connectivity index (χ0) is 17.5. The average molecular weight is 309 g/mol. The number of hydrogen-bond donors (Lipinski definition) is 0. The molecular weight excluding hydrogens is 274 g/mol. The molecule has 0 bridgehead atoms. The number of nitrogens with zero attached hydrogens (tertiary/aromatic N) is 1. The molecule has 0 aromatic heterocycles. The van der Waals surface area contributed by atoms with Crippen LogP contribution in [-0.2, 0) is 9.53 Å². The first kappa shape index (κ1) is 22.8. The van der Waals surface area contributed by atoms with Crippen molar-refractivity contribution in [2.24, 2.45) is 0 Å². The molecule has 1 amide bonds. The van der Waals surface area contributed by atoms with E-state index in [2.05, 4.69) is 20.4 Å². The van der Waals surface area contributed by atoms with Crippen molar-refractivity contribution in [3.8, 4) is 0 Å². The highest BCUT2D eigenvalue weighted by atomic mass is 16.5. The Hall–Kier alpha value is -1.51. The van der Waals surface area contributed by atoms with Crippen LogP contribution in [0, 0.1) is 0 Å². The van der Waals surface area contributed by atoms with Gasteiger partial charge in [-0.3, -0.25) is 4.79 Å². The predicted octanol–water partition coefficient (Wildman–Crippen LogP) is 5.10. The minimum atomic E-state index is 0.141. The van der Waals surface area contributed by atoms with Gasteiger partial charge in [0, 0.05) is 13.1 Å². The second-order valence-electron chi connectivity index (χ2n) is 5.19. The third-order valence-electron chi connectivity index (χ3n) is 2.73. The number of hydrogen-bond acceptors (Lipinski definition) is 2. The van der Waals surface area contributed by atoms with Gasteiger partial charge < -0.3 is 9.64 Å². The third-order valence-corrected chi connectivity index (χ3v) is 2.73. The standard InChI is InChI=1S/C17H29NO2.C2H6/c1-7-9-18(10-8-2)17(19)13-15(5)12-16(20-6)11-14(3)4;1-2/h11-12H,5,7-10,13H2,1-4,6H3;1-2H3/b16-12+;. The summed E-state index contributed by atoms with van der Waals surface area (Å²) in [6.45, 7) is 17.8. The van der Waals surface area contributed by atoms with Gasteiger partial charge in [0.1, 0.15) is 5.76 Å². The summed E-state index contributed by atoms with van der Waals surface area (Å²) in [5, 5.41) is 0. The van der Waals surface area contributed by atoms with E-state index in [1.807, 2.05) is 44.7 Å². The Kier molecular flexibility index (Phi) is 14.9. The molecule has 0 aromatic carbocycles. The van der Waals surface area contributed by atoms with Gasteiger partial charge in [0.05, 0.1) is 13.5 Å². The summed E-state index contributed by atoms with van der Waals surface area (Å²) in [4.78, 5) is 14.1. The minimum Gasteiger partial charge on any atom is -0.497 e. The molecular formula is C19H35NO2. The van der Waals surface area contributed by atoms with Crippen molar-refractivity contribution < 1.29 is 9.53 Å². The summed E-state index contributed by atoms with van der Waals surface area (Å²) in [5.41, 5.74) is 1.93. The van der Waals surface area contributed by atoms with Crippen LogP contribution in [-0.4, -0.2) is 31.0 Å². The number of ether oxygens (including phenoxy) is 1. The monoisotopic (exact) mass is 309 g/mol. The lowest BCUT2D eigenvalue weighted by Gasteiger charge is -2.21. The second-order valence-corrected chi connectivity index (χ2v) is 5.19. The fourth-order valence-electron chi connectivity index (χ4n) is 1.90. The van der Waals surface area contributed by atoms with Gasteiger partial charge in [-0.2, -0.15) is 0 Å². The summed E-state index contributed by atoms with van der Waals surface area (Å²) in [7, 11) is 1.63. The van der Waals surface area contributed by atoms with E-state index < -0.39 is 0 Å². The smallest absolute Gasteiger partial charge is 0.226 e. The maximum absolute atomic E-state index is 12.2. The Labute approximate surface area is 137 Å². The molecule has 0 N–H and O–H groups in total. The number of allylic oxidation sites excluding steroid dienone is 3. The van der Waals surface area contributed by atoms with Crippen LogP contribution in [0.4, 0.5) is 0 Å². The molecule has 0 heterocycles. The van der Waals surface area contributed by atoms with Gasteiger partial charge in [-0.15, -0.1) is 0 Å². The van der Waals surface area contributed by atoms with Crippen molar-refractivity contribution in [1.29, 1.82) is 0 Å². The molecule has 0 aliphatic carbocycles. The summed E-state index contributed by atoms with van der Waals surface area (Å²) >= 11 is 0. The van der Waals surface area contributed by atoms with Crippen LogP contribution >= 0.6 is 0 Å². The van der Waals surface area contributed by atoms with E-state index in [0.717, 1.165) is 42.8 Å². The van der Waals surface area contributed by atoms with Crippen LogP contribution in [0.3, 0.4) is 0 Å². The van der Waals surface area contributed by atoms with Gasteiger partial charge in [-0.1, -0.05) is 39.8 Å². The normalized spacial score (nSPS) is 10.2. The third kappa shape index (κ3) is 11.2. The largest absolute Gasteiger partial charge is 0.497 e. The first-order chi connectivity index (χ1) is 10.4. The molecule has 0 saturated heterocycles. The van der Waals surface area contributed by atoms with Gasteiger partial charge in [0.15, 0.2) is 0 Å². The Morgan fingerprint density at radius 1 is 1.09 bits per heavy atom. The maximum Gasteiger partial charge on any atom is 0.226 e. The van der Waals surface area contributed by atoms with Crippen LogP contribution < -0.4 is 0 Å². The van der Waals surface area contributed by atoms with Crippen molar-refractivity contribution >= 4 is 5.91 Å². The zero-order valence-corrected chi connectivity index (χ0v) is 15.7. The van der Waals surface area contributed by atoms with Gasteiger partial charge in [0.2, 0.25) is 5.91 Å². The van der Waals surface area contributed by atoms with Gasteiger partial charge in [-0.25, -0.2) is 0 Å². The molecule has 0 rings (SSSR count). The Balaban J connectivity index is 0. The van der Waals surface area contributed by atoms with Gasteiger partial charge in [0.25, 0.3) is 0 Å². The van der Waals surface area contributed by atoms with Gasteiger partial charge >= 0.3 is 0 Å².